The van der Waals surface area contributed by atoms with Crippen LogP contribution in [0.3, 0.4) is 0 Å². The molecule has 0 aromatic carbocycles. The van der Waals surface area contributed by atoms with Crippen molar-refractivity contribution in [1.29, 1.82) is 0 Å². The van der Waals surface area contributed by atoms with E-state index in [1.165, 1.54) is 13.2 Å². The number of likely N-dealkylation sites (N-methyl/N-ethyl adjacent to an activating group) is 1. The molecule has 0 radical (unpaired) electrons. The molecular weight excluding hydrogens is 242 g/mol. The lowest BCUT2D eigenvalue weighted by Crippen LogP contribution is -2.31. The average Bonchev–Trinajstić information content (AvgIpc) is 2.27. The van der Waals surface area contributed by atoms with Gasteiger partial charge >= 0.3 is 0 Å². The number of carbonyl (C=O) groups is 1. The van der Waals surface area contributed by atoms with Gasteiger partial charge in [-0.25, -0.2) is 4.98 Å². The van der Waals surface area contributed by atoms with Crippen LogP contribution in [-0.2, 0) is 0 Å². The minimum atomic E-state index is -0.186. The predicted octanol–water partition coefficient (Wildman–Crippen LogP) is 1.03. The molecule has 1 heterocycles. The molecule has 1 aromatic heterocycles. The molecule has 1 amide bonds. The first-order chi connectivity index (χ1) is 8.02. The summed E-state index contributed by atoms with van der Waals surface area (Å²) in [5.41, 5.74) is 0.445. The number of carbonyl (C=O) groups excluding carboxylic acids is 1. The molecule has 1 aromatic rings. The van der Waals surface area contributed by atoms with E-state index in [-0.39, 0.29) is 11.1 Å². The maximum Gasteiger partial charge on any atom is 0.251 e. The molecule has 0 fully saturated rings. The molecule has 94 valence electrons. The number of aromatic nitrogens is 1. The molecule has 0 saturated heterocycles. The number of nitrogens with zero attached hydrogens (tertiary/aromatic N) is 2. The minimum absolute atomic E-state index is 0.186. The highest BCUT2D eigenvalue weighted by molar-refractivity contribution is 6.29. The van der Waals surface area contributed by atoms with E-state index in [2.05, 4.69) is 10.3 Å². The highest BCUT2D eigenvalue weighted by Crippen LogP contribution is 2.15. The van der Waals surface area contributed by atoms with Crippen molar-refractivity contribution >= 4 is 17.5 Å². The Morgan fingerprint density at radius 3 is 2.82 bits per heavy atom. The Kier molecular flexibility index (Phi) is 5.18. The highest BCUT2D eigenvalue weighted by Gasteiger charge is 2.09. The van der Waals surface area contributed by atoms with Gasteiger partial charge in [-0.15, -0.1) is 0 Å². The monoisotopic (exact) mass is 257 g/mol. The van der Waals surface area contributed by atoms with Crippen LogP contribution < -0.4 is 10.1 Å². The topological polar surface area (TPSA) is 54.5 Å². The summed E-state index contributed by atoms with van der Waals surface area (Å²) >= 11 is 5.78. The van der Waals surface area contributed by atoms with Crippen LogP contribution in [-0.4, -0.2) is 50.1 Å². The predicted molar refractivity (Wildman–Crippen MR) is 66.7 cm³/mol. The van der Waals surface area contributed by atoms with Crippen LogP contribution in [0, 0.1) is 0 Å². The lowest BCUT2D eigenvalue weighted by atomic mass is 10.2. The van der Waals surface area contributed by atoms with Crippen molar-refractivity contribution in [3.8, 4) is 5.88 Å². The Bertz CT molecular complexity index is 396. The van der Waals surface area contributed by atoms with Crippen LogP contribution in [0.2, 0.25) is 5.15 Å². The summed E-state index contributed by atoms with van der Waals surface area (Å²) in [6.45, 7) is 1.36. The van der Waals surface area contributed by atoms with Crippen molar-refractivity contribution in [1.82, 2.24) is 15.2 Å². The number of hydrogen-bond acceptors (Lipinski definition) is 4. The molecule has 0 spiro atoms. The van der Waals surface area contributed by atoms with E-state index in [0.717, 1.165) is 6.54 Å². The molecular formula is C11H16ClN3O2. The standard InChI is InChI=1S/C11H16ClN3O2/c1-15(2)5-4-13-11(16)8-6-9(12)14-10(7-8)17-3/h6-7H,4-5H2,1-3H3,(H,13,16). The maximum absolute atomic E-state index is 11.8. The van der Waals surface area contributed by atoms with Gasteiger partial charge in [0.05, 0.1) is 7.11 Å². The van der Waals surface area contributed by atoms with Gasteiger partial charge in [0.2, 0.25) is 5.88 Å². The third kappa shape index (κ3) is 4.58. The van der Waals surface area contributed by atoms with Gasteiger partial charge in [0, 0.05) is 24.7 Å². The highest BCUT2D eigenvalue weighted by atomic mass is 35.5. The Labute approximate surface area is 106 Å². The zero-order chi connectivity index (χ0) is 12.8. The fraction of sp³-hybridized carbons (Fsp3) is 0.455. The molecule has 0 atom stereocenters. The van der Waals surface area contributed by atoms with Crippen molar-refractivity contribution in [2.24, 2.45) is 0 Å². The number of rotatable bonds is 5. The maximum atomic E-state index is 11.8. The zero-order valence-corrected chi connectivity index (χ0v) is 10.9. The summed E-state index contributed by atoms with van der Waals surface area (Å²) in [6.07, 6.45) is 0. The van der Waals surface area contributed by atoms with Crippen molar-refractivity contribution in [2.75, 3.05) is 34.3 Å². The minimum Gasteiger partial charge on any atom is -0.481 e. The summed E-state index contributed by atoms with van der Waals surface area (Å²) in [5, 5.41) is 3.02. The molecule has 1 N–H and O–H groups in total. The molecule has 6 heteroatoms. The van der Waals surface area contributed by atoms with Crippen LogP contribution in [0.25, 0.3) is 0 Å². The second kappa shape index (κ2) is 6.42. The van der Waals surface area contributed by atoms with E-state index < -0.39 is 0 Å². The van der Waals surface area contributed by atoms with E-state index in [4.69, 9.17) is 16.3 Å². The molecule has 5 nitrogen and oxygen atoms in total. The van der Waals surface area contributed by atoms with E-state index in [1.54, 1.807) is 6.07 Å². The molecule has 17 heavy (non-hydrogen) atoms. The van der Waals surface area contributed by atoms with Crippen molar-refractivity contribution in [3.05, 3.63) is 22.8 Å². The van der Waals surface area contributed by atoms with Gasteiger partial charge in [-0.2, -0.15) is 0 Å². The summed E-state index contributed by atoms with van der Waals surface area (Å²) < 4.78 is 4.94. The molecule has 1 rings (SSSR count). The Morgan fingerprint density at radius 1 is 1.53 bits per heavy atom. The number of nitrogens with one attached hydrogen (secondary N) is 1. The van der Waals surface area contributed by atoms with Gasteiger partial charge in [0.25, 0.3) is 5.91 Å². The van der Waals surface area contributed by atoms with Crippen LogP contribution >= 0.6 is 11.6 Å². The van der Waals surface area contributed by atoms with Gasteiger partial charge in [0.1, 0.15) is 5.15 Å². The summed E-state index contributed by atoms with van der Waals surface area (Å²) in [7, 11) is 5.36. The number of halogens is 1. The van der Waals surface area contributed by atoms with Crippen LogP contribution in [0.15, 0.2) is 12.1 Å². The lowest BCUT2D eigenvalue weighted by Gasteiger charge is -2.10. The average molecular weight is 258 g/mol. The van der Waals surface area contributed by atoms with Gasteiger partial charge in [-0.3, -0.25) is 4.79 Å². The molecule has 0 bridgehead atoms. The molecule has 0 saturated carbocycles. The van der Waals surface area contributed by atoms with Crippen molar-refractivity contribution < 1.29 is 9.53 Å². The Hall–Kier alpha value is -1.33. The summed E-state index contributed by atoms with van der Waals surface area (Å²) in [5.74, 6) is 0.143. The molecule has 0 unspecified atom stereocenters. The van der Waals surface area contributed by atoms with Gasteiger partial charge in [-0.1, -0.05) is 11.6 Å². The number of amides is 1. The van der Waals surface area contributed by atoms with Crippen molar-refractivity contribution in [2.45, 2.75) is 0 Å². The third-order valence-electron chi connectivity index (χ3n) is 2.09. The quantitative estimate of drug-likeness (QED) is 0.801. The molecule has 0 aliphatic heterocycles. The van der Waals surface area contributed by atoms with Gasteiger partial charge < -0.3 is 15.0 Å². The fourth-order valence-electron chi connectivity index (χ4n) is 1.20. The van der Waals surface area contributed by atoms with E-state index in [0.29, 0.717) is 18.0 Å². The SMILES string of the molecule is COc1cc(C(=O)NCCN(C)C)cc(Cl)n1. The lowest BCUT2D eigenvalue weighted by molar-refractivity contribution is 0.0950. The van der Waals surface area contributed by atoms with E-state index >= 15 is 0 Å². The Balaban J connectivity index is 2.65. The normalized spacial score (nSPS) is 10.4. The number of hydrogen-bond donors (Lipinski definition) is 1. The number of pyridine rings is 1. The fourth-order valence-corrected chi connectivity index (χ4v) is 1.40. The van der Waals surface area contributed by atoms with Crippen LogP contribution in [0.4, 0.5) is 0 Å². The zero-order valence-electron chi connectivity index (χ0n) is 10.2. The number of methoxy groups -OCH3 is 1. The first kappa shape index (κ1) is 13.7. The van der Waals surface area contributed by atoms with Crippen LogP contribution in [0.5, 0.6) is 5.88 Å². The third-order valence-corrected chi connectivity index (χ3v) is 2.28. The smallest absolute Gasteiger partial charge is 0.251 e. The van der Waals surface area contributed by atoms with Gasteiger partial charge in [-0.05, 0) is 20.2 Å². The second-order valence-electron chi connectivity index (χ2n) is 3.78. The second-order valence-corrected chi connectivity index (χ2v) is 4.17. The van der Waals surface area contributed by atoms with E-state index in [1.807, 2.05) is 19.0 Å². The molecule has 0 aliphatic rings. The Morgan fingerprint density at radius 2 is 2.24 bits per heavy atom. The molecule has 0 aliphatic carbocycles. The van der Waals surface area contributed by atoms with Gasteiger partial charge in [0.15, 0.2) is 0 Å². The largest absolute Gasteiger partial charge is 0.481 e. The van der Waals surface area contributed by atoms with Crippen LogP contribution in [0.1, 0.15) is 10.4 Å². The first-order valence-corrected chi connectivity index (χ1v) is 5.55. The number of ether oxygens (including phenoxy) is 1. The van der Waals surface area contributed by atoms with E-state index in [9.17, 15) is 4.79 Å². The first-order valence-electron chi connectivity index (χ1n) is 5.17. The summed E-state index contributed by atoms with van der Waals surface area (Å²) in [4.78, 5) is 17.7. The summed E-state index contributed by atoms with van der Waals surface area (Å²) in [6, 6.07) is 3.06. The van der Waals surface area contributed by atoms with Crippen molar-refractivity contribution in [3.63, 3.8) is 0 Å².